The standard InChI is InChI=1S/C15H13Cl2NO/c1-18(10-11-5-3-2-4-6-11)15(19)12-7-13(16)9-14(17)8-12/h2-9H,10H2,1H3. The molecule has 2 rings (SSSR count). The van der Waals surface area contributed by atoms with Crippen molar-refractivity contribution in [3.8, 4) is 0 Å². The molecule has 98 valence electrons. The van der Waals surface area contributed by atoms with Gasteiger partial charge in [-0.2, -0.15) is 0 Å². The highest BCUT2D eigenvalue weighted by molar-refractivity contribution is 6.35. The summed E-state index contributed by atoms with van der Waals surface area (Å²) in [6.07, 6.45) is 0. The minimum Gasteiger partial charge on any atom is -0.337 e. The van der Waals surface area contributed by atoms with Crippen LogP contribution >= 0.6 is 23.2 Å². The molecule has 0 aliphatic rings. The van der Waals surface area contributed by atoms with Crippen molar-refractivity contribution in [3.05, 3.63) is 69.7 Å². The van der Waals surface area contributed by atoms with Gasteiger partial charge in [0.05, 0.1) is 0 Å². The molecule has 0 N–H and O–H groups in total. The first-order valence-corrected chi connectivity index (χ1v) is 6.57. The average molecular weight is 294 g/mol. The number of halogens is 2. The number of carbonyl (C=O) groups excluding carboxylic acids is 1. The summed E-state index contributed by atoms with van der Waals surface area (Å²) >= 11 is 11.8. The van der Waals surface area contributed by atoms with Crippen molar-refractivity contribution >= 4 is 29.1 Å². The monoisotopic (exact) mass is 293 g/mol. The molecule has 0 aliphatic carbocycles. The van der Waals surface area contributed by atoms with Crippen LogP contribution < -0.4 is 0 Å². The van der Waals surface area contributed by atoms with Crippen molar-refractivity contribution in [1.29, 1.82) is 0 Å². The van der Waals surface area contributed by atoms with Crippen LogP contribution in [0.2, 0.25) is 10.0 Å². The highest BCUT2D eigenvalue weighted by Crippen LogP contribution is 2.20. The van der Waals surface area contributed by atoms with Gasteiger partial charge >= 0.3 is 0 Å². The van der Waals surface area contributed by atoms with Gasteiger partial charge in [0.2, 0.25) is 0 Å². The van der Waals surface area contributed by atoms with E-state index in [2.05, 4.69) is 0 Å². The predicted molar refractivity (Wildman–Crippen MR) is 78.7 cm³/mol. The lowest BCUT2D eigenvalue weighted by atomic mass is 10.1. The smallest absolute Gasteiger partial charge is 0.253 e. The van der Waals surface area contributed by atoms with E-state index >= 15 is 0 Å². The molecular formula is C15H13Cl2NO. The molecule has 0 fully saturated rings. The number of rotatable bonds is 3. The van der Waals surface area contributed by atoms with Gasteiger partial charge in [0, 0.05) is 29.2 Å². The van der Waals surface area contributed by atoms with E-state index in [1.165, 1.54) is 0 Å². The molecule has 2 aromatic rings. The first-order chi connectivity index (χ1) is 9.06. The SMILES string of the molecule is CN(Cc1ccccc1)C(=O)c1cc(Cl)cc(Cl)c1. The second-order valence-corrected chi connectivity index (χ2v) is 5.18. The van der Waals surface area contributed by atoms with Gasteiger partial charge in [0.25, 0.3) is 5.91 Å². The molecule has 0 heterocycles. The summed E-state index contributed by atoms with van der Waals surface area (Å²) < 4.78 is 0. The molecule has 0 aromatic heterocycles. The van der Waals surface area contributed by atoms with E-state index < -0.39 is 0 Å². The fourth-order valence-electron chi connectivity index (χ4n) is 1.83. The van der Waals surface area contributed by atoms with Crippen LogP contribution in [-0.4, -0.2) is 17.9 Å². The maximum Gasteiger partial charge on any atom is 0.253 e. The molecular weight excluding hydrogens is 281 g/mol. The molecule has 19 heavy (non-hydrogen) atoms. The lowest BCUT2D eigenvalue weighted by Crippen LogP contribution is -2.26. The number of benzene rings is 2. The Bertz CT molecular complexity index is 564. The Morgan fingerprint density at radius 3 is 2.21 bits per heavy atom. The van der Waals surface area contributed by atoms with Crippen molar-refractivity contribution in [2.75, 3.05) is 7.05 Å². The van der Waals surface area contributed by atoms with Crippen LogP contribution in [-0.2, 0) is 6.54 Å². The van der Waals surface area contributed by atoms with Crippen LogP contribution in [0, 0.1) is 0 Å². The van der Waals surface area contributed by atoms with Crippen LogP contribution in [0.1, 0.15) is 15.9 Å². The van der Waals surface area contributed by atoms with Gasteiger partial charge in [-0.1, -0.05) is 53.5 Å². The summed E-state index contributed by atoms with van der Waals surface area (Å²) in [7, 11) is 1.75. The molecule has 0 atom stereocenters. The van der Waals surface area contributed by atoms with Crippen LogP contribution in [0.15, 0.2) is 48.5 Å². The van der Waals surface area contributed by atoms with Crippen molar-refractivity contribution in [2.45, 2.75) is 6.54 Å². The van der Waals surface area contributed by atoms with E-state index in [0.717, 1.165) is 5.56 Å². The molecule has 0 spiro atoms. The highest BCUT2D eigenvalue weighted by atomic mass is 35.5. The lowest BCUT2D eigenvalue weighted by molar-refractivity contribution is 0.0785. The number of hydrogen-bond donors (Lipinski definition) is 0. The number of amides is 1. The van der Waals surface area contributed by atoms with Gasteiger partial charge in [-0.05, 0) is 23.8 Å². The lowest BCUT2D eigenvalue weighted by Gasteiger charge is -2.17. The first-order valence-electron chi connectivity index (χ1n) is 5.82. The fraction of sp³-hybridized carbons (Fsp3) is 0.133. The van der Waals surface area contributed by atoms with Crippen molar-refractivity contribution in [2.24, 2.45) is 0 Å². The maximum atomic E-state index is 12.3. The Morgan fingerprint density at radius 1 is 1.05 bits per heavy atom. The Balaban J connectivity index is 2.15. The summed E-state index contributed by atoms with van der Waals surface area (Å²) in [6.45, 7) is 0.545. The maximum absolute atomic E-state index is 12.3. The number of carbonyl (C=O) groups is 1. The fourth-order valence-corrected chi connectivity index (χ4v) is 2.35. The quantitative estimate of drug-likeness (QED) is 0.828. The number of nitrogens with zero attached hydrogens (tertiary/aromatic N) is 1. The zero-order valence-electron chi connectivity index (χ0n) is 10.4. The Morgan fingerprint density at radius 2 is 1.63 bits per heavy atom. The molecule has 1 amide bonds. The van der Waals surface area contributed by atoms with E-state index in [9.17, 15) is 4.79 Å². The summed E-state index contributed by atoms with van der Waals surface area (Å²) in [6, 6.07) is 14.7. The van der Waals surface area contributed by atoms with Gasteiger partial charge in [-0.15, -0.1) is 0 Å². The van der Waals surface area contributed by atoms with Gasteiger partial charge in [0.15, 0.2) is 0 Å². The Hall–Kier alpha value is -1.51. The van der Waals surface area contributed by atoms with Crippen molar-refractivity contribution < 1.29 is 4.79 Å². The summed E-state index contributed by atoms with van der Waals surface area (Å²) in [5.74, 6) is -0.103. The molecule has 0 radical (unpaired) electrons. The van der Waals surface area contributed by atoms with Gasteiger partial charge in [0.1, 0.15) is 0 Å². The third kappa shape index (κ3) is 3.72. The molecule has 2 aromatic carbocycles. The van der Waals surface area contributed by atoms with E-state index in [1.807, 2.05) is 30.3 Å². The van der Waals surface area contributed by atoms with Crippen molar-refractivity contribution in [3.63, 3.8) is 0 Å². The van der Waals surface area contributed by atoms with E-state index in [4.69, 9.17) is 23.2 Å². The van der Waals surface area contributed by atoms with Crippen LogP contribution in [0.4, 0.5) is 0 Å². The average Bonchev–Trinajstić information content (AvgIpc) is 2.37. The van der Waals surface area contributed by atoms with Crippen LogP contribution in [0.3, 0.4) is 0 Å². The summed E-state index contributed by atoms with van der Waals surface area (Å²) in [5, 5.41) is 0.924. The van der Waals surface area contributed by atoms with Crippen LogP contribution in [0.25, 0.3) is 0 Å². The topological polar surface area (TPSA) is 20.3 Å². The van der Waals surface area contributed by atoms with Gasteiger partial charge < -0.3 is 4.90 Å². The largest absolute Gasteiger partial charge is 0.337 e. The molecule has 0 unspecified atom stereocenters. The Labute approximate surface area is 122 Å². The molecule has 0 saturated heterocycles. The molecule has 0 saturated carbocycles. The first kappa shape index (κ1) is 13.9. The second-order valence-electron chi connectivity index (χ2n) is 4.30. The minimum atomic E-state index is -0.103. The molecule has 0 aliphatic heterocycles. The van der Waals surface area contributed by atoms with E-state index in [-0.39, 0.29) is 5.91 Å². The normalized spacial score (nSPS) is 10.3. The van der Waals surface area contributed by atoms with Gasteiger partial charge in [-0.25, -0.2) is 0 Å². The second kappa shape index (κ2) is 6.09. The number of hydrogen-bond acceptors (Lipinski definition) is 1. The summed E-state index contributed by atoms with van der Waals surface area (Å²) in [5.41, 5.74) is 1.57. The molecule has 0 bridgehead atoms. The van der Waals surface area contributed by atoms with Gasteiger partial charge in [-0.3, -0.25) is 4.79 Å². The predicted octanol–water partition coefficient (Wildman–Crippen LogP) is 4.27. The third-order valence-electron chi connectivity index (χ3n) is 2.72. The minimum absolute atomic E-state index is 0.103. The molecule has 4 heteroatoms. The third-order valence-corrected chi connectivity index (χ3v) is 3.16. The van der Waals surface area contributed by atoms with Crippen molar-refractivity contribution in [1.82, 2.24) is 4.90 Å². The van der Waals surface area contributed by atoms with Crippen LogP contribution in [0.5, 0.6) is 0 Å². The zero-order chi connectivity index (χ0) is 13.8. The summed E-state index contributed by atoms with van der Waals surface area (Å²) in [4.78, 5) is 13.9. The van der Waals surface area contributed by atoms with E-state index in [1.54, 1.807) is 30.1 Å². The zero-order valence-corrected chi connectivity index (χ0v) is 11.9. The molecule has 2 nitrogen and oxygen atoms in total. The Kier molecular flexibility index (Phi) is 4.46. The highest BCUT2D eigenvalue weighted by Gasteiger charge is 2.13. The van der Waals surface area contributed by atoms with E-state index in [0.29, 0.717) is 22.2 Å².